The Morgan fingerprint density at radius 3 is 2.94 bits per heavy atom. The topological polar surface area (TPSA) is 59.5 Å². The third kappa shape index (κ3) is 1.66. The van der Waals surface area contributed by atoms with Gasteiger partial charge in [0.2, 0.25) is 5.22 Å². The van der Waals surface area contributed by atoms with Crippen LogP contribution in [0.2, 0.25) is 5.22 Å². The molecule has 0 aliphatic carbocycles. The van der Waals surface area contributed by atoms with Gasteiger partial charge in [-0.05, 0) is 41.8 Å². The Kier molecular flexibility index (Phi) is 2.52. The molecule has 0 unspecified atom stereocenters. The molecule has 1 aliphatic heterocycles. The molecule has 0 bridgehead atoms. The van der Waals surface area contributed by atoms with E-state index < -0.39 is 0 Å². The molecule has 0 fully saturated rings. The van der Waals surface area contributed by atoms with Gasteiger partial charge in [-0.2, -0.15) is 0 Å². The summed E-state index contributed by atoms with van der Waals surface area (Å²) in [5.41, 5.74) is 8.77. The van der Waals surface area contributed by atoms with Gasteiger partial charge in [0.25, 0.3) is 5.91 Å². The van der Waals surface area contributed by atoms with Gasteiger partial charge in [0, 0.05) is 17.9 Å². The Hall–Kier alpha value is -1.94. The minimum atomic E-state index is -0.155. The molecule has 18 heavy (non-hydrogen) atoms. The van der Waals surface area contributed by atoms with Crippen LogP contribution in [0.4, 0.5) is 11.4 Å². The van der Waals surface area contributed by atoms with E-state index in [9.17, 15) is 4.79 Å². The maximum atomic E-state index is 12.3. The van der Waals surface area contributed by atoms with E-state index in [0.717, 1.165) is 17.7 Å². The summed E-state index contributed by atoms with van der Waals surface area (Å²) in [6, 6.07) is 7.19. The van der Waals surface area contributed by atoms with Crippen molar-refractivity contribution in [1.82, 2.24) is 0 Å². The van der Waals surface area contributed by atoms with Crippen molar-refractivity contribution in [3.8, 4) is 0 Å². The second kappa shape index (κ2) is 4.07. The zero-order valence-corrected chi connectivity index (χ0v) is 10.3. The van der Waals surface area contributed by atoms with E-state index in [1.807, 2.05) is 18.2 Å². The minimum absolute atomic E-state index is 0.123. The predicted octanol–water partition coefficient (Wildman–Crippen LogP) is 2.72. The molecule has 2 heterocycles. The quantitative estimate of drug-likeness (QED) is 0.804. The molecule has 1 amide bonds. The number of fused-ring (bicyclic) bond motifs is 1. The van der Waals surface area contributed by atoms with Crippen molar-refractivity contribution in [1.29, 1.82) is 0 Å². The number of hydrogen-bond donors (Lipinski definition) is 1. The lowest BCUT2D eigenvalue weighted by Gasteiger charge is -2.16. The molecule has 0 spiro atoms. The summed E-state index contributed by atoms with van der Waals surface area (Å²) in [6.45, 7) is 0.638. The number of benzene rings is 1. The van der Waals surface area contributed by atoms with Gasteiger partial charge in [0.1, 0.15) is 0 Å². The number of anilines is 2. The lowest BCUT2D eigenvalue weighted by molar-refractivity contribution is 0.0989. The first-order chi connectivity index (χ1) is 8.66. The van der Waals surface area contributed by atoms with Crippen molar-refractivity contribution in [3.05, 3.63) is 46.9 Å². The Labute approximate surface area is 109 Å². The van der Waals surface area contributed by atoms with Crippen LogP contribution in [0, 0.1) is 0 Å². The summed E-state index contributed by atoms with van der Waals surface area (Å²) in [5.74, 6) is -0.155. The third-order valence-corrected chi connectivity index (χ3v) is 3.39. The van der Waals surface area contributed by atoms with Crippen molar-refractivity contribution in [2.45, 2.75) is 6.42 Å². The van der Waals surface area contributed by atoms with Gasteiger partial charge in [-0.3, -0.25) is 4.79 Å². The normalized spacial score (nSPS) is 13.7. The maximum absolute atomic E-state index is 12.3. The van der Waals surface area contributed by atoms with Gasteiger partial charge in [-0.25, -0.2) is 0 Å². The first-order valence-corrected chi connectivity index (χ1v) is 5.98. The van der Waals surface area contributed by atoms with Gasteiger partial charge in [-0.1, -0.05) is 6.07 Å². The Bertz CT molecular complexity index is 621. The van der Waals surface area contributed by atoms with Crippen LogP contribution in [-0.4, -0.2) is 12.5 Å². The summed E-state index contributed by atoms with van der Waals surface area (Å²) in [6.07, 6.45) is 2.24. The monoisotopic (exact) mass is 262 g/mol. The van der Waals surface area contributed by atoms with Gasteiger partial charge in [-0.15, -0.1) is 0 Å². The summed E-state index contributed by atoms with van der Waals surface area (Å²) in [5, 5.41) is 0.123. The molecule has 5 heteroatoms. The first-order valence-electron chi connectivity index (χ1n) is 5.60. The first kappa shape index (κ1) is 11.2. The largest absolute Gasteiger partial charge is 0.452 e. The van der Waals surface area contributed by atoms with E-state index >= 15 is 0 Å². The van der Waals surface area contributed by atoms with Crippen molar-refractivity contribution >= 4 is 28.9 Å². The number of amides is 1. The number of halogens is 1. The van der Waals surface area contributed by atoms with Crippen molar-refractivity contribution in [2.24, 2.45) is 0 Å². The number of hydrogen-bond acceptors (Lipinski definition) is 3. The van der Waals surface area contributed by atoms with Crippen LogP contribution in [0.5, 0.6) is 0 Å². The molecular formula is C13H11ClN2O2. The highest BCUT2D eigenvalue weighted by Gasteiger charge is 2.27. The number of furan rings is 1. The molecule has 0 saturated carbocycles. The van der Waals surface area contributed by atoms with Gasteiger partial charge in [0.05, 0.1) is 11.8 Å². The smallest absolute Gasteiger partial charge is 0.263 e. The average molecular weight is 263 g/mol. The minimum Gasteiger partial charge on any atom is -0.452 e. The number of nitrogen functional groups attached to an aromatic ring is 1. The van der Waals surface area contributed by atoms with Gasteiger partial charge < -0.3 is 15.1 Å². The molecule has 3 rings (SSSR count). The molecule has 0 atom stereocenters. The average Bonchev–Trinajstić information content (AvgIpc) is 2.94. The van der Waals surface area contributed by atoms with E-state index in [4.69, 9.17) is 21.8 Å². The lowest BCUT2D eigenvalue weighted by atomic mass is 10.1. The molecule has 2 N–H and O–H groups in total. The van der Waals surface area contributed by atoms with Crippen molar-refractivity contribution < 1.29 is 9.21 Å². The van der Waals surface area contributed by atoms with Gasteiger partial charge in [0.15, 0.2) is 0 Å². The zero-order chi connectivity index (χ0) is 12.7. The van der Waals surface area contributed by atoms with Crippen LogP contribution < -0.4 is 10.6 Å². The Morgan fingerprint density at radius 2 is 2.22 bits per heavy atom. The maximum Gasteiger partial charge on any atom is 0.263 e. The highest BCUT2D eigenvalue weighted by molar-refractivity contribution is 6.33. The highest BCUT2D eigenvalue weighted by atomic mass is 35.5. The van der Waals surface area contributed by atoms with E-state index in [2.05, 4.69) is 0 Å². The van der Waals surface area contributed by atoms with Crippen LogP contribution in [-0.2, 0) is 6.42 Å². The molecule has 4 nitrogen and oxygen atoms in total. The summed E-state index contributed by atoms with van der Waals surface area (Å²) >= 11 is 5.83. The second-order valence-electron chi connectivity index (χ2n) is 4.20. The zero-order valence-electron chi connectivity index (χ0n) is 9.52. The molecule has 1 aliphatic rings. The van der Waals surface area contributed by atoms with E-state index in [0.29, 0.717) is 17.8 Å². The highest BCUT2D eigenvalue weighted by Crippen LogP contribution is 2.32. The van der Waals surface area contributed by atoms with Crippen LogP contribution in [0.1, 0.15) is 15.9 Å². The van der Waals surface area contributed by atoms with Crippen LogP contribution in [0.25, 0.3) is 0 Å². The second-order valence-corrected chi connectivity index (χ2v) is 4.55. The standard InChI is InChI=1S/C13H11ClN2O2/c14-12-10(4-6-18-12)13(17)16-5-3-8-1-2-9(15)7-11(8)16/h1-2,4,6-7H,3,5,15H2. The fraction of sp³-hybridized carbons (Fsp3) is 0.154. The van der Waals surface area contributed by atoms with Crippen molar-refractivity contribution in [3.63, 3.8) is 0 Å². The van der Waals surface area contributed by atoms with E-state index in [-0.39, 0.29) is 11.1 Å². The molecule has 1 aromatic carbocycles. The van der Waals surface area contributed by atoms with Gasteiger partial charge >= 0.3 is 0 Å². The third-order valence-electron chi connectivity index (χ3n) is 3.10. The predicted molar refractivity (Wildman–Crippen MR) is 70.0 cm³/mol. The Morgan fingerprint density at radius 1 is 1.39 bits per heavy atom. The number of nitrogens with two attached hydrogens (primary N) is 1. The number of rotatable bonds is 1. The molecule has 0 radical (unpaired) electrons. The lowest BCUT2D eigenvalue weighted by Crippen LogP contribution is -2.28. The van der Waals surface area contributed by atoms with E-state index in [1.165, 1.54) is 6.26 Å². The molecule has 2 aromatic rings. The Balaban J connectivity index is 2.00. The number of carbonyl (C=O) groups excluding carboxylic acids is 1. The summed E-state index contributed by atoms with van der Waals surface area (Å²) in [4.78, 5) is 14.0. The van der Waals surface area contributed by atoms with E-state index in [1.54, 1.807) is 11.0 Å². The number of carbonyl (C=O) groups is 1. The number of nitrogens with zero attached hydrogens (tertiary/aromatic N) is 1. The molecular weight excluding hydrogens is 252 g/mol. The molecule has 92 valence electrons. The fourth-order valence-corrected chi connectivity index (χ4v) is 2.39. The SMILES string of the molecule is Nc1ccc2c(c1)N(C(=O)c1ccoc1Cl)CC2. The fourth-order valence-electron chi connectivity index (χ4n) is 2.20. The molecule has 0 saturated heterocycles. The van der Waals surface area contributed by atoms with Crippen LogP contribution >= 0.6 is 11.6 Å². The van der Waals surface area contributed by atoms with Crippen LogP contribution in [0.15, 0.2) is 34.9 Å². The molecule has 1 aromatic heterocycles. The van der Waals surface area contributed by atoms with Crippen LogP contribution in [0.3, 0.4) is 0 Å². The summed E-state index contributed by atoms with van der Waals surface area (Å²) in [7, 11) is 0. The van der Waals surface area contributed by atoms with Crippen molar-refractivity contribution in [2.75, 3.05) is 17.2 Å². The summed E-state index contributed by atoms with van der Waals surface area (Å²) < 4.78 is 4.95.